The lowest BCUT2D eigenvalue weighted by Crippen LogP contribution is -2.05. The summed E-state index contributed by atoms with van der Waals surface area (Å²) >= 11 is 0. The van der Waals surface area contributed by atoms with Crippen molar-refractivity contribution in [2.45, 2.75) is 26.3 Å². The van der Waals surface area contributed by atoms with Crippen LogP contribution in [0, 0.1) is 12.7 Å². The van der Waals surface area contributed by atoms with Crippen LogP contribution in [0.2, 0.25) is 0 Å². The minimum Gasteiger partial charge on any atom is -0.337 e. The molecular formula is C19H17FN6O. The molecule has 0 aliphatic carbocycles. The van der Waals surface area contributed by atoms with Crippen LogP contribution in [0.4, 0.5) is 4.39 Å². The molecular weight excluding hydrogens is 347 g/mol. The number of tetrazole rings is 1. The van der Waals surface area contributed by atoms with E-state index in [1.807, 2.05) is 25.1 Å². The zero-order chi connectivity index (χ0) is 18.6. The van der Waals surface area contributed by atoms with Gasteiger partial charge >= 0.3 is 0 Å². The summed E-state index contributed by atoms with van der Waals surface area (Å²) in [7, 11) is 0. The number of hydrogen-bond donors (Lipinski definition) is 0. The Morgan fingerprint density at radius 3 is 2.63 bits per heavy atom. The van der Waals surface area contributed by atoms with Crippen LogP contribution in [0.5, 0.6) is 0 Å². The van der Waals surface area contributed by atoms with E-state index in [9.17, 15) is 4.39 Å². The molecule has 0 spiro atoms. The SMILES string of the molecule is Cc1ccc(Cc2nnn(Cc3nc(Cc4cccc(F)c4)no3)n2)cc1. The lowest BCUT2D eigenvalue weighted by Gasteiger charge is -1.97. The molecule has 4 rings (SSSR count). The Morgan fingerprint density at radius 2 is 1.81 bits per heavy atom. The van der Waals surface area contributed by atoms with Crippen LogP contribution in [0.15, 0.2) is 53.1 Å². The second-order valence-corrected chi connectivity index (χ2v) is 6.31. The maximum Gasteiger partial charge on any atom is 0.250 e. The van der Waals surface area contributed by atoms with Gasteiger partial charge in [-0.25, -0.2) is 4.39 Å². The molecule has 136 valence electrons. The van der Waals surface area contributed by atoms with Gasteiger partial charge in [0.15, 0.2) is 11.6 Å². The van der Waals surface area contributed by atoms with E-state index in [-0.39, 0.29) is 12.4 Å². The number of benzene rings is 2. The van der Waals surface area contributed by atoms with Crippen LogP contribution in [-0.2, 0) is 19.4 Å². The van der Waals surface area contributed by atoms with Crippen LogP contribution in [0.25, 0.3) is 0 Å². The number of aryl methyl sites for hydroxylation is 1. The van der Waals surface area contributed by atoms with Crippen LogP contribution in [-0.4, -0.2) is 30.3 Å². The number of rotatable bonds is 6. The monoisotopic (exact) mass is 364 g/mol. The zero-order valence-corrected chi connectivity index (χ0v) is 14.7. The third-order valence-corrected chi connectivity index (χ3v) is 4.02. The maximum atomic E-state index is 13.2. The largest absolute Gasteiger partial charge is 0.337 e. The third-order valence-electron chi connectivity index (χ3n) is 4.02. The first-order chi connectivity index (χ1) is 13.1. The van der Waals surface area contributed by atoms with Crippen molar-refractivity contribution in [1.82, 2.24) is 30.3 Å². The predicted molar refractivity (Wildman–Crippen MR) is 94.4 cm³/mol. The first-order valence-corrected chi connectivity index (χ1v) is 8.52. The first kappa shape index (κ1) is 17.0. The van der Waals surface area contributed by atoms with Gasteiger partial charge in [-0.05, 0) is 35.4 Å². The van der Waals surface area contributed by atoms with E-state index in [0.29, 0.717) is 30.4 Å². The van der Waals surface area contributed by atoms with Crippen LogP contribution in [0.3, 0.4) is 0 Å². The Hall–Kier alpha value is -3.42. The van der Waals surface area contributed by atoms with E-state index in [2.05, 4.69) is 37.7 Å². The average Bonchev–Trinajstić information content (AvgIpc) is 3.27. The molecule has 2 aromatic heterocycles. The van der Waals surface area contributed by atoms with E-state index in [1.54, 1.807) is 6.07 Å². The van der Waals surface area contributed by atoms with Gasteiger partial charge in [-0.1, -0.05) is 47.1 Å². The summed E-state index contributed by atoms with van der Waals surface area (Å²) in [6.07, 6.45) is 1.000. The summed E-state index contributed by atoms with van der Waals surface area (Å²) in [4.78, 5) is 5.72. The molecule has 0 saturated heterocycles. The summed E-state index contributed by atoms with van der Waals surface area (Å²) in [6, 6.07) is 14.5. The third kappa shape index (κ3) is 4.41. The molecule has 0 amide bonds. The normalized spacial score (nSPS) is 11.0. The van der Waals surface area contributed by atoms with Gasteiger partial charge in [0, 0.05) is 12.8 Å². The summed E-state index contributed by atoms with van der Waals surface area (Å²) in [5, 5.41) is 16.4. The highest BCUT2D eigenvalue weighted by Crippen LogP contribution is 2.10. The van der Waals surface area contributed by atoms with E-state index >= 15 is 0 Å². The van der Waals surface area contributed by atoms with E-state index < -0.39 is 0 Å². The highest BCUT2D eigenvalue weighted by Gasteiger charge is 2.11. The van der Waals surface area contributed by atoms with Gasteiger partial charge < -0.3 is 4.52 Å². The number of hydrogen-bond acceptors (Lipinski definition) is 6. The fourth-order valence-electron chi connectivity index (χ4n) is 2.68. The fraction of sp³-hybridized carbons (Fsp3) is 0.211. The summed E-state index contributed by atoms with van der Waals surface area (Å²) in [6.45, 7) is 2.28. The molecule has 0 unspecified atom stereocenters. The highest BCUT2D eigenvalue weighted by molar-refractivity contribution is 5.23. The van der Waals surface area contributed by atoms with E-state index in [0.717, 1.165) is 11.1 Å². The van der Waals surface area contributed by atoms with E-state index in [4.69, 9.17) is 4.52 Å². The summed E-state index contributed by atoms with van der Waals surface area (Å²) < 4.78 is 18.5. The molecule has 8 heteroatoms. The Morgan fingerprint density at radius 1 is 1.00 bits per heavy atom. The van der Waals surface area contributed by atoms with Gasteiger partial charge in [0.1, 0.15) is 12.4 Å². The predicted octanol–water partition coefficient (Wildman–Crippen LogP) is 2.73. The molecule has 0 radical (unpaired) electrons. The summed E-state index contributed by atoms with van der Waals surface area (Å²) in [5.74, 6) is 1.19. The van der Waals surface area contributed by atoms with Crippen molar-refractivity contribution in [1.29, 1.82) is 0 Å². The van der Waals surface area contributed by atoms with Crippen molar-refractivity contribution in [2.24, 2.45) is 0 Å². The average molecular weight is 364 g/mol. The smallest absolute Gasteiger partial charge is 0.250 e. The lowest BCUT2D eigenvalue weighted by atomic mass is 10.1. The molecule has 7 nitrogen and oxygen atoms in total. The molecule has 0 bridgehead atoms. The Bertz CT molecular complexity index is 1040. The Labute approximate surface area is 154 Å². The second-order valence-electron chi connectivity index (χ2n) is 6.31. The number of aromatic nitrogens is 6. The van der Waals surface area contributed by atoms with Gasteiger partial charge in [-0.15, -0.1) is 10.2 Å². The Balaban J connectivity index is 1.39. The summed E-state index contributed by atoms with van der Waals surface area (Å²) in [5.41, 5.74) is 3.11. The molecule has 4 aromatic rings. The van der Waals surface area contributed by atoms with Crippen molar-refractivity contribution < 1.29 is 8.91 Å². The number of halogens is 1. The first-order valence-electron chi connectivity index (χ1n) is 8.52. The molecule has 0 atom stereocenters. The second kappa shape index (κ2) is 7.45. The zero-order valence-electron chi connectivity index (χ0n) is 14.7. The lowest BCUT2D eigenvalue weighted by molar-refractivity contribution is 0.352. The molecule has 0 N–H and O–H groups in total. The van der Waals surface area contributed by atoms with Crippen molar-refractivity contribution in [3.8, 4) is 0 Å². The topological polar surface area (TPSA) is 82.5 Å². The van der Waals surface area contributed by atoms with Crippen LogP contribution < -0.4 is 0 Å². The van der Waals surface area contributed by atoms with Gasteiger partial charge in [0.05, 0.1) is 0 Å². The molecule has 0 aliphatic heterocycles. The van der Waals surface area contributed by atoms with Gasteiger partial charge in [0.25, 0.3) is 0 Å². The molecule has 0 aliphatic rings. The highest BCUT2D eigenvalue weighted by atomic mass is 19.1. The fourth-order valence-corrected chi connectivity index (χ4v) is 2.68. The molecule has 27 heavy (non-hydrogen) atoms. The van der Waals surface area contributed by atoms with E-state index in [1.165, 1.54) is 22.5 Å². The molecule has 2 heterocycles. The van der Waals surface area contributed by atoms with Gasteiger partial charge in [0.2, 0.25) is 5.89 Å². The maximum absolute atomic E-state index is 13.2. The van der Waals surface area contributed by atoms with Crippen molar-refractivity contribution in [3.05, 3.63) is 88.6 Å². The molecule has 0 fully saturated rings. The standard InChI is InChI=1S/C19H17FN6O/c1-13-5-7-14(8-6-13)10-18-22-25-26(23-18)12-19-21-17(24-27-19)11-15-3-2-4-16(20)9-15/h2-9H,10-12H2,1H3. The minimum atomic E-state index is -0.288. The van der Waals surface area contributed by atoms with Gasteiger partial charge in [-0.3, -0.25) is 0 Å². The van der Waals surface area contributed by atoms with Gasteiger partial charge in [-0.2, -0.15) is 9.78 Å². The van der Waals surface area contributed by atoms with Crippen molar-refractivity contribution in [2.75, 3.05) is 0 Å². The molecule has 0 saturated carbocycles. The van der Waals surface area contributed by atoms with Crippen LogP contribution in [0.1, 0.15) is 34.2 Å². The minimum absolute atomic E-state index is 0.233. The molecule has 2 aromatic carbocycles. The van der Waals surface area contributed by atoms with Crippen LogP contribution >= 0.6 is 0 Å². The van der Waals surface area contributed by atoms with Crippen molar-refractivity contribution in [3.63, 3.8) is 0 Å². The quantitative estimate of drug-likeness (QED) is 0.523. The Kier molecular flexibility index (Phi) is 4.69. The van der Waals surface area contributed by atoms with Crippen molar-refractivity contribution >= 4 is 0 Å². The number of nitrogens with zero attached hydrogens (tertiary/aromatic N) is 6.